The molecule has 0 saturated carbocycles. The second-order valence-electron chi connectivity index (χ2n) is 4.57. The van der Waals surface area contributed by atoms with E-state index in [4.69, 9.17) is 4.74 Å². The minimum Gasteiger partial charge on any atom is -0.372 e. The average Bonchev–Trinajstić information content (AvgIpc) is 2.92. The maximum Gasteiger partial charge on any atom is 0.0952 e. The molecule has 3 heteroatoms. The molecule has 2 aromatic rings. The number of fused-ring (bicyclic) bond motifs is 1. The summed E-state index contributed by atoms with van der Waals surface area (Å²) in [6.07, 6.45) is 1.24. The molecule has 1 N–H and O–H groups in total. The van der Waals surface area contributed by atoms with Gasteiger partial charge in [-0.25, -0.2) is 0 Å². The van der Waals surface area contributed by atoms with Gasteiger partial charge in [0.2, 0.25) is 0 Å². The summed E-state index contributed by atoms with van der Waals surface area (Å²) in [6, 6.07) is 10.8. The standard InChI is InChI=1S/C15H17NOS/c1-2-4-14-13(3-1)5-7-17-15(14)10-16-9-12-6-8-18-11-12/h1-4,6,8,11,15-16H,5,7,9-10H2. The molecule has 0 amide bonds. The average molecular weight is 259 g/mol. The van der Waals surface area contributed by atoms with Crippen LogP contribution in [0.4, 0.5) is 0 Å². The third-order valence-corrected chi connectivity index (χ3v) is 4.06. The van der Waals surface area contributed by atoms with Gasteiger partial charge in [0.05, 0.1) is 12.7 Å². The van der Waals surface area contributed by atoms with E-state index in [0.29, 0.717) is 0 Å². The number of hydrogen-bond acceptors (Lipinski definition) is 3. The Morgan fingerprint density at radius 2 is 2.22 bits per heavy atom. The molecule has 0 radical (unpaired) electrons. The van der Waals surface area contributed by atoms with E-state index >= 15 is 0 Å². The minimum absolute atomic E-state index is 0.202. The zero-order valence-electron chi connectivity index (χ0n) is 10.3. The van der Waals surface area contributed by atoms with Crippen LogP contribution in [0.25, 0.3) is 0 Å². The Kier molecular flexibility index (Phi) is 3.74. The van der Waals surface area contributed by atoms with Gasteiger partial charge in [0.1, 0.15) is 0 Å². The Balaban J connectivity index is 1.60. The lowest BCUT2D eigenvalue weighted by Gasteiger charge is -2.26. The molecule has 0 spiro atoms. The molecule has 1 aromatic heterocycles. The van der Waals surface area contributed by atoms with Gasteiger partial charge >= 0.3 is 0 Å². The summed E-state index contributed by atoms with van der Waals surface area (Å²) in [5.74, 6) is 0. The van der Waals surface area contributed by atoms with Gasteiger partial charge in [-0.1, -0.05) is 24.3 Å². The normalized spacial score (nSPS) is 18.6. The summed E-state index contributed by atoms with van der Waals surface area (Å²) in [6.45, 7) is 2.64. The highest BCUT2D eigenvalue weighted by atomic mass is 32.1. The highest BCUT2D eigenvalue weighted by molar-refractivity contribution is 7.07. The van der Waals surface area contributed by atoms with Crippen molar-refractivity contribution in [1.82, 2.24) is 5.32 Å². The van der Waals surface area contributed by atoms with Crippen molar-refractivity contribution in [3.05, 3.63) is 57.8 Å². The maximum absolute atomic E-state index is 5.86. The van der Waals surface area contributed by atoms with E-state index in [-0.39, 0.29) is 6.10 Å². The molecule has 1 aliphatic heterocycles. The van der Waals surface area contributed by atoms with Gasteiger partial charge < -0.3 is 10.1 Å². The first kappa shape index (κ1) is 11.9. The molecular formula is C15H17NOS. The number of benzene rings is 1. The number of rotatable bonds is 4. The van der Waals surface area contributed by atoms with Crippen molar-refractivity contribution in [2.45, 2.75) is 19.1 Å². The lowest BCUT2D eigenvalue weighted by Crippen LogP contribution is -2.27. The molecule has 0 fully saturated rings. The Bertz CT molecular complexity index is 495. The van der Waals surface area contributed by atoms with Crippen LogP contribution < -0.4 is 5.32 Å². The first-order chi connectivity index (χ1) is 8.93. The van der Waals surface area contributed by atoms with Crippen LogP contribution in [0.3, 0.4) is 0 Å². The monoisotopic (exact) mass is 259 g/mol. The maximum atomic E-state index is 5.86. The summed E-state index contributed by atoms with van der Waals surface area (Å²) in [5, 5.41) is 7.78. The molecule has 0 aliphatic carbocycles. The van der Waals surface area contributed by atoms with Gasteiger partial charge in [-0.3, -0.25) is 0 Å². The smallest absolute Gasteiger partial charge is 0.0952 e. The molecule has 2 heterocycles. The van der Waals surface area contributed by atoms with Crippen LogP contribution in [0.5, 0.6) is 0 Å². The molecule has 2 nitrogen and oxygen atoms in total. The molecule has 1 atom stereocenters. The van der Waals surface area contributed by atoms with Crippen molar-refractivity contribution < 1.29 is 4.74 Å². The first-order valence-electron chi connectivity index (χ1n) is 6.34. The Labute approximate surface area is 112 Å². The molecule has 94 valence electrons. The van der Waals surface area contributed by atoms with Crippen molar-refractivity contribution >= 4 is 11.3 Å². The second kappa shape index (κ2) is 5.65. The summed E-state index contributed by atoms with van der Waals surface area (Å²) >= 11 is 1.74. The summed E-state index contributed by atoms with van der Waals surface area (Å²) in [7, 11) is 0. The summed E-state index contributed by atoms with van der Waals surface area (Å²) in [4.78, 5) is 0. The highest BCUT2D eigenvalue weighted by Crippen LogP contribution is 2.26. The van der Waals surface area contributed by atoms with Crippen LogP contribution in [0.1, 0.15) is 22.8 Å². The third kappa shape index (κ3) is 2.64. The van der Waals surface area contributed by atoms with Crippen molar-refractivity contribution in [2.75, 3.05) is 13.2 Å². The van der Waals surface area contributed by atoms with E-state index in [0.717, 1.165) is 26.1 Å². The second-order valence-corrected chi connectivity index (χ2v) is 5.35. The predicted octanol–water partition coefficient (Wildman–Crippen LogP) is 3.15. The lowest BCUT2D eigenvalue weighted by atomic mass is 9.97. The van der Waals surface area contributed by atoms with E-state index < -0.39 is 0 Å². The van der Waals surface area contributed by atoms with Crippen molar-refractivity contribution in [2.24, 2.45) is 0 Å². The number of thiophene rings is 1. The Morgan fingerprint density at radius 1 is 1.28 bits per heavy atom. The fraction of sp³-hybridized carbons (Fsp3) is 0.333. The van der Waals surface area contributed by atoms with E-state index in [1.165, 1.54) is 16.7 Å². The summed E-state index contributed by atoms with van der Waals surface area (Å²) < 4.78 is 5.86. The molecule has 1 aromatic carbocycles. The van der Waals surface area contributed by atoms with E-state index in [1.807, 2.05) is 0 Å². The van der Waals surface area contributed by atoms with Gasteiger partial charge in [0, 0.05) is 13.1 Å². The molecule has 3 rings (SSSR count). The molecular weight excluding hydrogens is 242 g/mol. The SMILES string of the molecule is c1ccc2c(c1)CCOC2CNCc1ccsc1. The topological polar surface area (TPSA) is 21.3 Å². The lowest BCUT2D eigenvalue weighted by molar-refractivity contribution is 0.0423. The highest BCUT2D eigenvalue weighted by Gasteiger charge is 2.19. The van der Waals surface area contributed by atoms with Crippen LogP contribution in [0, 0.1) is 0 Å². The predicted molar refractivity (Wildman–Crippen MR) is 74.9 cm³/mol. The van der Waals surface area contributed by atoms with E-state index in [1.54, 1.807) is 11.3 Å². The fourth-order valence-electron chi connectivity index (χ4n) is 2.39. The van der Waals surface area contributed by atoms with Gasteiger partial charge in [-0.05, 0) is 39.9 Å². The number of nitrogens with one attached hydrogen (secondary N) is 1. The first-order valence-corrected chi connectivity index (χ1v) is 7.29. The zero-order valence-corrected chi connectivity index (χ0v) is 11.1. The fourth-order valence-corrected chi connectivity index (χ4v) is 3.06. The Hall–Kier alpha value is -1.16. The van der Waals surface area contributed by atoms with Crippen molar-refractivity contribution in [3.63, 3.8) is 0 Å². The molecule has 1 unspecified atom stereocenters. The van der Waals surface area contributed by atoms with Crippen LogP contribution >= 0.6 is 11.3 Å². The number of ether oxygens (including phenoxy) is 1. The van der Waals surface area contributed by atoms with Gasteiger partial charge in [0.15, 0.2) is 0 Å². The van der Waals surface area contributed by atoms with Crippen LogP contribution in [0.15, 0.2) is 41.1 Å². The number of hydrogen-bond donors (Lipinski definition) is 1. The van der Waals surface area contributed by atoms with Gasteiger partial charge in [0.25, 0.3) is 0 Å². The largest absolute Gasteiger partial charge is 0.372 e. The van der Waals surface area contributed by atoms with Crippen molar-refractivity contribution in [3.8, 4) is 0 Å². The van der Waals surface area contributed by atoms with Crippen molar-refractivity contribution in [1.29, 1.82) is 0 Å². The Morgan fingerprint density at radius 3 is 3.11 bits per heavy atom. The van der Waals surface area contributed by atoms with Gasteiger partial charge in [-0.15, -0.1) is 0 Å². The van der Waals surface area contributed by atoms with Gasteiger partial charge in [-0.2, -0.15) is 11.3 Å². The summed E-state index contributed by atoms with van der Waals surface area (Å²) in [5.41, 5.74) is 4.14. The van der Waals surface area contributed by atoms with E-state index in [2.05, 4.69) is 46.4 Å². The van der Waals surface area contributed by atoms with Crippen LogP contribution in [-0.2, 0) is 17.7 Å². The molecule has 1 aliphatic rings. The molecule has 18 heavy (non-hydrogen) atoms. The van der Waals surface area contributed by atoms with Crippen LogP contribution in [-0.4, -0.2) is 13.2 Å². The molecule has 0 bridgehead atoms. The van der Waals surface area contributed by atoms with Crippen LogP contribution in [0.2, 0.25) is 0 Å². The third-order valence-electron chi connectivity index (χ3n) is 3.33. The zero-order chi connectivity index (χ0) is 12.2. The minimum atomic E-state index is 0.202. The van der Waals surface area contributed by atoms with E-state index in [9.17, 15) is 0 Å². The quantitative estimate of drug-likeness (QED) is 0.910. The molecule has 0 saturated heterocycles.